The van der Waals surface area contributed by atoms with Crippen LogP contribution in [0.4, 0.5) is 11.4 Å². The summed E-state index contributed by atoms with van der Waals surface area (Å²) in [5, 5.41) is 0.619. The summed E-state index contributed by atoms with van der Waals surface area (Å²) in [5.74, 6) is 0.111. The first kappa shape index (κ1) is 13.0. The van der Waals surface area contributed by atoms with Crippen LogP contribution in [0, 0.1) is 0 Å². The van der Waals surface area contributed by atoms with Crippen molar-refractivity contribution in [2.24, 2.45) is 0 Å². The van der Waals surface area contributed by atoms with Gasteiger partial charge in [-0.25, -0.2) is 0 Å². The lowest BCUT2D eigenvalue weighted by Crippen LogP contribution is -2.38. The molecule has 1 fully saturated rings. The molecular weight excluding hydrogens is 250 g/mol. The summed E-state index contributed by atoms with van der Waals surface area (Å²) in [6.45, 7) is 0.317. The molecule has 0 bridgehead atoms. The fourth-order valence-corrected chi connectivity index (χ4v) is 2.08. The molecule has 1 aromatic carbocycles. The van der Waals surface area contributed by atoms with E-state index in [9.17, 15) is 4.79 Å². The monoisotopic (exact) mass is 267 g/mol. The van der Waals surface area contributed by atoms with Gasteiger partial charge in [0.1, 0.15) is 0 Å². The lowest BCUT2D eigenvalue weighted by atomic mass is 10.2. The number of benzene rings is 1. The van der Waals surface area contributed by atoms with Crippen molar-refractivity contribution in [2.75, 3.05) is 31.3 Å². The Morgan fingerprint density at radius 3 is 2.72 bits per heavy atom. The molecule has 0 aromatic heterocycles. The molecule has 1 amide bonds. The average molecular weight is 268 g/mol. The largest absolute Gasteiger partial charge is 0.397 e. The van der Waals surface area contributed by atoms with E-state index in [1.54, 1.807) is 18.2 Å². The number of rotatable bonds is 4. The van der Waals surface area contributed by atoms with Crippen molar-refractivity contribution in [2.45, 2.75) is 18.9 Å². The van der Waals surface area contributed by atoms with E-state index in [1.807, 2.05) is 23.9 Å². The second kappa shape index (κ2) is 5.06. The second-order valence-electron chi connectivity index (χ2n) is 4.80. The first-order valence-electron chi connectivity index (χ1n) is 6.01. The van der Waals surface area contributed by atoms with Gasteiger partial charge in [0.2, 0.25) is 5.91 Å². The summed E-state index contributed by atoms with van der Waals surface area (Å²) < 4.78 is 0. The number of hydrogen-bond acceptors (Lipinski definition) is 3. The predicted octanol–water partition coefficient (Wildman–Crippen LogP) is 1.98. The van der Waals surface area contributed by atoms with Crippen LogP contribution in [0.25, 0.3) is 0 Å². The number of hydrogen-bond donors (Lipinski definition) is 1. The van der Waals surface area contributed by atoms with E-state index in [0.29, 0.717) is 23.3 Å². The number of halogens is 1. The summed E-state index contributed by atoms with van der Waals surface area (Å²) in [6.07, 6.45) is 2.23. The second-order valence-corrected chi connectivity index (χ2v) is 5.23. The van der Waals surface area contributed by atoms with Gasteiger partial charge in [-0.05, 0) is 31.0 Å². The predicted molar refractivity (Wildman–Crippen MR) is 74.9 cm³/mol. The van der Waals surface area contributed by atoms with Crippen molar-refractivity contribution in [1.82, 2.24) is 4.90 Å². The number of nitrogens with zero attached hydrogens (tertiary/aromatic N) is 2. The Morgan fingerprint density at radius 2 is 2.11 bits per heavy atom. The van der Waals surface area contributed by atoms with Crippen LogP contribution in [0.2, 0.25) is 5.02 Å². The molecule has 1 aliphatic rings. The van der Waals surface area contributed by atoms with Crippen LogP contribution in [0.1, 0.15) is 12.8 Å². The van der Waals surface area contributed by atoms with Crippen LogP contribution in [0.3, 0.4) is 0 Å². The minimum absolute atomic E-state index is 0.111. The van der Waals surface area contributed by atoms with Gasteiger partial charge >= 0.3 is 0 Å². The van der Waals surface area contributed by atoms with Gasteiger partial charge in [0, 0.05) is 25.2 Å². The molecule has 0 radical (unpaired) electrons. The molecule has 0 atom stereocenters. The summed E-state index contributed by atoms with van der Waals surface area (Å²) >= 11 is 5.94. The van der Waals surface area contributed by atoms with E-state index in [1.165, 1.54) is 0 Å². The molecular formula is C13H18ClN3O. The SMILES string of the molecule is CN(CC(=O)N(C)C1CC1)c1cc(Cl)ccc1N. The van der Waals surface area contributed by atoms with Gasteiger partial charge in [0.25, 0.3) is 0 Å². The summed E-state index contributed by atoms with van der Waals surface area (Å²) in [7, 11) is 3.70. The zero-order chi connectivity index (χ0) is 13.3. The van der Waals surface area contributed by atoms with E-state index >= 15 is 0 Å². The van der Waals surface area contributed by atoms with E-state index in [4.69, 9.17) is 17.3 Å². The minimum Gasteiger partial charge on any atom is -0.397 e. The topological polar surface area (TPSA) is 49.6 Å². The third kappa shape index (κ3) is 2.88. The van der Waals surface area contributed by atoms with Crippen molar-refractivity contribution >= 4 is 28.9 Å². The molecule has 0 aliphatic heterocycles. The van der Waals surface area contributed by atoms with Crippen LogP contribution in [-0.4, -0.2) is 37.5 Å². The zero-order valence-electron chi connectivity index (χ0n) is 10.7. The molecule has 2 rings (SSSR count). The van der Waals surface area contributed by atoms with Gasteiger partial charge in [-0.2, -0.15) is 0 Å². The van der Waals surface area contributed by atoms with Crippen LogP contribution >= 0.6 is 11.6 Å². The number of carbonyl (C=O) groups is 1. The highest BCUT2D eigenvalue weighted by Crippen LogP contribution is 2.28. The Bertz CT molecular complexity index is 460. The van der Waals surface area contributed by atoms with Crippen LogP contribution < -0.4 is 10.6 Å². The Hall–Kier alpha value is -1.42. The first-order valence-corrected chi connectivity index (χ1v) is 6.38. The molecule has 1 saturated carbocycles. The van der Waals surface area contributed by atoms with Crippen LogP contribution in [0.5, 0.6) is 0 Å². The summed E-state index contributed by atoms with van der Waals surface area (Å²) in [6, 6.07) is 5.71. The van der Waals surface area contributed by atoms with Crippen molar-refractivity contribution < 1.29 is 4.79 Å². The number of nitrogens with two attached hydrogens (primary N) is 1. The van der Waals surface area contributed by atoms with E-state index in [0.717, 1.165) is 18.5 Å². The highest BCUT2D eigenvalue weighted by molar-refractivity contribution is 6.31. The normalized spacial score (nSPS) is 14.4. The Kier molecular flexibility index (Phi) is 3.66. The lowest BCUT2D eigenvalue weighted by Gasteiger charge is -2.24. The standard InChI is InChI=1S/C13H18ClN3O/c1-16(8-13(18)17(2)10-4-5-10)12-7-9(14)3-6-11(12)15/h3,6-7,10H,4-5,8,15H2,1-2H3. The maximum Gasteiger partial charge on any atom is 0.242 e. The Morgan fingerprint density at radius 1 is 1.44 bits per heavy atom. The maximum absolute atomic E-state index is 12.0. The molecule has 4 nitrogen and oxygen atoms in total. The molecule has 0 spiro atoms. The summed E-state index contributed by atoms with van der Waals surface area (Å²) in [5.41, 5.74) is 7.31. The fourth-order valence-electron chi connectivity index (χ4n) is 1.91. The molecule has 5 heteroatoms. The third-order valence-electron chi connectivity index (χ3n) is 3.26. The number of carbonyl (C=O) groups excluding carboxylic acids is 1. The van der Waals surface area contributed by atoms with E-state index in [-0.39, 0.29) is 5.91 Å². The fraction of sp³-hybridized carbons (Fsp3) is 0.462. The van der Waals surface area contributed by atoms with Crippen molar-refractivity contribution in [3.8, 4) is 0 Å². The highest BCUT2D eigenvalue weighted by Gasteiger charge is 2.29. The Labute approximate surface area is 112 Å². The van der Waals surface area contributed by atoms with Crippen molar-refractivity contribution in [3.63, 3.8) is 0 Å². The van der Waals surface area contributed by atoms with Gasteiger partial charge in [0.05, 0.1) is 17.9 Å². The van der Waals surface area contributed by atoms with E-state index in [2.05, 4.69) is 0 Å². The molecule has 1 aromatic rings. The smallest absolute Gasteiger partial charge is 0.242 e. The highest BCUT2D eigenvalue weighted by atomic mass is 35.5. The van der Waals surface area contributed by atoms with Gasteiger partial charge < -0.3 is 15.5 Å². The maximum atomic E-state index is 12.0. The molecule has 18 heavy (non-hydrogen) atoms. The number of amides is 1. The average Bonchev–Trinajstić information content (AvgIpc) is 3.15. The molecule has 0 heterocycles. The molecule has 98 valence electrons. The van der Waals surface area contributed by atoms with Crippen LogP contribution in [0.15, 0.2) is 18.2 Å². The van der Waals surface area contributed by atoms with Gasteiger partial charge in [-0.15, -0.1) is 0 Å². The molecule has 0 saturated heterocycles. The third-order valence-corrected chi connectivity index (χ3v) is 3.50. The number of anilines is 2. The number of nitrogen functional groups attached to an aromatic ring is 1. The van der Waals surface area contributed by atoms with Crippen molar-refractivity contribution in [3.05, 3.63) is 23.2 Å². The minimum atomic E-state index is 0.111. The Balaban J connectivity index is 2.04. The lowest BCUT2D eigenvalue weighted by molar-refractivity contribution is -0.128. The molecule has 0 unspecified atom stereocenters. The van der Waals surface area contributed by atoms with Gasteiger partial charge in [-0.3, -0.25) is 4.79 Å². The first-order chi connectivity index (χ1) is 8.49. The number of likely N-dealkylation sites (N-methyl/N-ethyl adjacent to an activating group) is 2. The molecule has 1 aliphatic carbocycles. The van der Waals surface area contributed by atoms with Gasteiger partial charge in [-0.1, -0.05) is 11.6 Å². The van der Waals surface area contributed by atoms with Crippen molar-refractivity contribution in [1.29, 1.82) is 0 Å². The quantitative estimate of drug-likeness (QED) is 0.849. The summed E-state index contributed by atoms with van der Waals surface area (Å²) in [4.78, 5) is 15.7. The van der Waals surface area contributed by atoms with E-state index < -0.39 is 0 Å². The van der Waals surface area contributed by atoms with Crippen LogP contribution in [-0.2, 0) is 4.79 Å². The zero-order valence-corrected chi connectivity index (χ0v) is 11.4. The van der Waals surface area contributed by atoms with Gasteiger partial charge in [0.15, 0.2) is 0 Å². The molecule has 2 N–H and O–H groups in total.